The van der Waals surface area contributed by atoms with Crippen LogP contribution in [0.1, 0.15) is 55.7 Å². The largest absolute Gasteiger partial charge is 0.511 e. The van der Waals surface area contributed by atoms with E-state index in [0.29, 0.717) is 17.0 Å². The lowest BCUT2D eigenvalue weighted by Gasteiger charge is -2.12. The van der Waals surface area contributed by atoms with Gasteiger partial charge >= 0.3 is 0 Å². The van der Waals surface area contributed by atoms with E-state index < -0.39 is 0 Å². The maximum atomic E-state index is 12.4. The first-order valence-electron chi connectivity index (χ1n) is 7.69. The molecule has 0 radical (unpaired) electrons. The maximum absolute atomic E-state index is 12.4. The van der Waals surface area contributed by atoms with E-state index >= 15 is 0 Å². The number of aliphatic hydroxyl groups is 1. The predicted octanol–water partition coefficient (Wildman–Crippen LogP) is 5.40. The molecule has 1 aromatic rings. The Labute approximate surface area is 131 Å². The summed E-state index contributed by atoms with van der Waals surface area (Å²) in [6, 6.07) is 3.70. The van der Waals surface area contributed by atoms with Crippen molar-refractivity contribution in [1.82, 2.24) is 0 Å². The molecule has 1 aliphatic rings. The van der Waals surface area contributed by atoms with Crippen molar-refractivity contribution < 1.29 is 9.90 Å². The monoisotopic (exact) mass is 306 g/mol. The lowest BCUT2D eigenvalue weighted by atomic mass is 9.94. The van der Waals surface area contributed by atoms with Crippen LogP contribution in [0, 0.1) is 19.8 Å². The third-order valence-corrected chi connectivity index (χ3v) is 4.48. The van der Waals surface area contributed by atoms with Gasteiger partial charge in [0.1, 0.15) is 5.76 Å². The van der Waals surface area contributed by atoms with Crippen LogP contribution >= 0.6 is 11.6 Å². The highest BCUT2D eigenvalue weighted by Crippen LogP contribution is 2.39. The first-order valence-corrected chi connectivity index (χ1v) is 8.07. The van der Waals surface area contributed by atoms with Crippen LogP contribution in [0.2, 0.25) is 5.02 Å². The van der Waals surface area contributed by atoms with E-state index in [0.717, 1.165) is 42.4 Å². The van der Waals surface area contributed by atoms with Crippen LogP contribution in [0.15, 0.2) is 17.9 Å². The van der Waals surface area contributed by atoms with Gasteiger partial charge in [-0.05, 0) is 49.1 Å². The van der Waals surface area contributed by atoms with Crippen molar-refractivity contribution in [3.8, 4) is 0 Å². The maximum Gasteiger partial charge on any atom is 0.167 e. The quantitative estimate of drug-likeness (QED) is 0.740. The molecule has 0 saturated carbocycles. The van der Waals surface area contributed by atoms with Gasteiger partial charge in [-0.1, -0.05) is 37.8 Å². The Kier molecular flexibility index (Phi) is 5.10. The molecule has 1 aliphatic carbocycles. The number of hydrogen-bond donors (Lipinski definition) is 1. The minimum absolute atomic E-state index is 0.00599. The number of allylic oxidation sites excluding steroid dienone is 2. The summed E-state index contributed by atoms with van der Waals surface area (Å²) in [5.41, 5.74) is 3.27. The number of hydrogen-bond acceptors (Lipinski definition) is 2. The van der Waals surface area contributed by atoms with Gasteiger partial charge in [-0.15, -0.1) is 0 Å². The average Bonchev–Trinajstić information content (AvgIpc) is 2.66. The van der Waals surface area contributed by atoms with Crippen LogP contribution in [0.4, 0.5) is 0 Å². The van der Waals surface area contributed by atoms with Crippen LogP contribution in [-0.4, -0.2) is 10.9 Å². The van der Waals surface area contributed by atoms with E-state index in [1.807, 2.05) is 26.0 Å². The van der Waals surface area contributed by atoms with Crippen molar-refractivity contribution >= 4 is 23.0 Å². The minimum Gasteiger partial charge on any atom is -0.511 e. The number of unbranched alkanes of at least 4 members (excludes halogenated alkanes) is 2. The summed E-state index contributed by atoms with van der Waals surface area (Å²) in [7, 11) is 0. The fourth-order valence-electron chi connectivity index (χ4n) is 3.22. The Bertz CT molecular complexity index is 564. The number of Topliss-reactive ketones (excluding diaryl/α,β-unsaturated/α-hetero) is 1. The molecule has 0 bridgehead atoms. The number of halogens is 1. The summed E-state index contributed by atoms with van der Waals surface area (Å²) in [5, 5.41) is 11.2. The van der Waals surface area contributed by atoms with Crippen LogP contribution in [0.25, 0.3) is 5.57 Å². The summed E-state index contributed by atoms with van der Waals surface area (Å²) < 4.78 is 0. The normalized spacial score (nSPS) is 18.7. The number of carbonyl (C=O) groups is 1. The number of rotatable bonds is 5. The van der Waals surface area contributed by atoms with E-state index in [1.54, 1.807) is 0 Å². The van der Waals surface area contributed by atoms with Crippen LogP contribution in [-0.2, 0) is 4.79 Å². The topological polar surface area (TPSA) is 37.3 Å². The van der Waals surface area contributed by atoms with E-state index in [-0.39, 0.29) is 17.5 Å². The van der Waals surface area contributed by atoms with E-state index in [9.17, 15) is 9.90 Å². The first-order chi connectivity index (χ1) is 9.95. The number of aryl methyl sites for hydroxylation is 2. The molecular formula is C18H23ClO2. The molecule has 2 nitrogen and oxygen atoms in total. The van der Waals surface area contributed by atoms with Gasteiger partial charge in [-0.25, -0.2) is 0 Å². The molecule has 114 valence electrons. The molecule has 2 rings (SSSR count). The molecule has 0 fully saturated rings. The summed E-state index contributed by atoms with van der Waals surface area (Å²) in [6.07, 6.45) is 4.68. The van der Waals surface area contributed by atoms with Gasteiger partial charge < -0.3 is 5.11 Å². The summed E-state index contributed by atoms with van der Waals surface area (Å²) in [5.74, 6) is 0.334. The molecule has 0 aromatic heterocycles. The number of ketones is 1. The lowest BCUT2D eigenvalue weighted by Crippen LogP contribution is -2.01. The van der Waals surface area contributed by atoms with Crippen molar-refractivity contribution in [3.05, 3.63) is 39.6 Å². The fraction of sp³-hybridized carbons (Fsp3) is 0.500. The number of carbonyl (C=O) groups excluding carboxylic acids is 1. The zero-order valence-electron chi connectivity index (χ0n) is 13.0. The highest BCUT2D eigenvalue weighted by atomic mass is 35.5. The van der Waals surface area contributed by atoms with Gasteiger partial charge in [0.25, 0.3) is 0 Å². The predicted molar refractivity (Wildman–Crippen MR) is 87.7 cm³/mol. The Morgan fingerprint density at radius 3 is 2.43 bits per heavy atom. The molecule has 0 saturated heterocycles. The third-order valence-electron chi connectivity index (χ3n) is 4.26. The zero-order chi connectivity index (χ0) is 15.6. The Hall–Kier alpha value is -1.28. The Morgan fingerprint density at radius 2 is 1.86 bits per heavy atom. The van der Waals surface area contributed by atoms with Crippen molar-refractivity contribution in [2.24, 2.45) is 5.92 Å². The molecule has 0 amide bonds. The van der Waals surface area contributed by atoms with Crippen LogP contribution in [0.5, 0.6) is 0 Å². The molecule has 1 unspecified atom stereocenters. The van der Waals surface area contributed by atoms with Crippen molar-refractivity contribution in [2.45, 2.75) is 52.9 Å². The van der Waals surface area contributed by atoms with Gasteiger partial charge in [-0.3, -0.25) is 4.79 Å². The summed E-state index contributed by atoms with van der Waals surface area (Å²) >= 11 is 6.05. The molecule has 0 heterocycles. The van der Waals surface area contributed by atoms with Gasteiger partial charge in [0.05, 0.1) is 5.57 Å². The highest BCUT2D eigenvalue weighted by molar-refractivity contribution is 6.31. The van der Waals surface area contributed by atoms with Crippen molar-refractivity contribution in [1.29, 1.82) is 0 Å². The molecular weight excluding hydrogens is 284 g/mol. The Balaban J connectivity index is 2.36. The van der Waals surface area contributed by atoms with Crippen LogP contribution < -0.4 is 0 Å². The second kappa shape index (κ2) is 6.65. The Morgan fingerprint density at radius 1 is 1.24 bits per heavy atom. The van der Waals surface area contributed by atoms with E-state index in [2.05, 4.69) is 6.92 Å². The molecule has 1 N–H and O–H groups in total. The average molecular weight is 307 g/mol. The molecule has 0 aliphatic heterocycles. The van der Waals surface area contributed by atoms with E-state index in [4.69, 9.17) is 11.6 Å². The summed E-state index contributed by atoms with van der Waals surface area (Å²) in [4.78, 5) is 12.4. The smallest absolute Gasteiger partial charge is 0.167 e. The fourth-order valence-corrected chi connectivity index (χ4v) is 3.55. The molecule has 0 spiro atoms. The van der Waals surface area contributed by atoms with Crippen molar-refractivity contribution in [2.75, 3.05) is 0 Å². The lowest BCUT2D eigenvalue weighted by molar-refractivity contribution is -0.113. The second-order valence-corrected chi connectivity index (χ2v) is 6.43. The number of benzene rings is 1. The van der Waals surface area contributed by atoms with Gasteiger partial charge in [0, 0.05) is 17.4 Å². The van der Waals surface area contributed by atoms with E-state index in [1.165, 1.54) is 0 Å². The van der Waals surface area contributed by atoms with Gasteiger partial charge in [0.15, 0.2) is 5.78 Å². The van der Waals surface area contributed by atoms with Gasteiger partial charge in [-0.2, -0.15) is 0 Å². The third kappa shape index (κ3) is 3.32. The summed E-state index contributed by atoms with van der Waals surface area (Å²) in [6.45, 7) is 6.03. The SMILES string of the molecule is CCCCCC1CC(=O)C(c2c(C)cc(Cl)cc2C)=C1O. The molecule has 1 aromatic carbocycles. The number of aliphatic hydroxyl groups excluding tert-OH is 1. The molecule has 1 atom stereocenters. The second-order valence-electron chi connectivity index (χ2n) is 5.99. The molecule has 21 heavy (non-hydrogen) atoms. The van der Waals surface area contributed by atoms with Crippen molar-refractivity contribution in [3.63, 3.8) is 0 Å². The highest BCUT2D eigenvalue weighted by Gasteiger charge is 2.34. The van der Waals surface area contributed by atoms with Gasteiger partial charge in [0.2, 0.25) is 0 Å². The zero-order valence-corrected chi connectivity index (χ0v) is 13.8. The van der Waals surface area contributed by atoms with Crippen LogP contribution in [0.3, 0.4) is 0 Å². The minimum atomic E-state index is -0.00599. The first kappa shape index (κ1) is 16.1. The standard InChI is InChI=1S/C18H23ClO2/c1-4-5-6-7-13-10-15(20)17(18(13)21)16-11(2)8-14(19)9-12(16)3/h8-9,13,21H,4-7,10H2,1-3H3. The molecule has 3 heteroatoms.